The van der Waals surface area contributed by atoms with Crippen LogP contribution in [0.15, 0.2) is 224 Å². The van der Waals surface area contributed by atoms with Crippen LogP contribution in [0.2, 0.25) is 0 Å². The van der Waals surface area contributed by atoms with Gasteiger partial charge in [0.15, 0.2) is 17.5 Å². The first-order valence-electron chi connectivity index (χ1n) is 21.1. The van der Waals surface area contributed by atoms with E-state index < -0.39 is 0 Å². The Morgan fingerprint density at radius 2 is 0.500 bits per heavy atom. The number of rotatable bonds is 6. The summed E-state index contributed by atoms with van der Waals surface area (Å²) >= 11 is 0. The lowest BCUT2D eigenvalue weighted by Crippen LogP contribution is -2.00. The third-order valence-electron chi connectivity index (χ3n) is 12.3. The quantitative estimate of drug-likeness (QED) is 0.124. The van der Waals surface area contributed by atoms with Crippen LogP contribution < -0.4 is 0 Å². The molecule has 12 rings (SSSR count). The second-order valence-corrected chi connectivity index (χ2v) is 15.9. The van der Waals surface area contributed by atoms with Gasteiger partial charge in [0.2, 0.25) is 0 Å². The van der Waals surface area contributed by atoms with Crippen LogP contribution in [0.25, 0.3) is 121 Å². The summed E-state index contributed by atoms with van der Waals surface area (Å²) < 4.78 is 0. The fourth-order valence-corrected chi connectivity index (χ4v) is 9.47. The third kappa shape index (κ3) is 5.94. The Kier molecular flexibility index (Phi) is 8.50. The Balaban J connectivity index is 1.05. The number of benzene rings is 11. The van der Waals surface area contributed by atoms with Crippen molar-refractivity contribution >= 4 is 53.9 Å². The number of nitrogens with zero attached hydrogens (tertiary/aromatic N) is 3. The summed E-state index contributed by atoms with van der Waals surface area (Å²) in [7, 11) is 0. The summed E-state index contributed by atoms with van der Waals surface area (Å²) in [6, 6.07) is 80.3. The van der Waals surface area contributed by atoms with E-state index in [-0.39, 0.29) is 0 Å². The van der Waals surface area contributed by atoms with E-state index in [0.717, 1.165) is 22.3 Å². The minimum absolute atomic E-state index is 0.642. The summed E-state index contributed by atoms with van der Waals surface area (Å²) in [5.41, 5.74) is 10.2. The summed E-state index contributed by atoms with van der Waals surface area (Å²) in [6.45, 7) is 0. The topological polar surface area (TPSA) is 38.7 Å². The second-order valence-electron chi connectivity index (χ2n) is 15.9. The van der Waals surface area contributed by atoms with Gasteiger partial charge in [-0.1, -0.05) is 212 Å². The van der Waals surface area contributed by atoms with Crippen molar-refractivity contribution in [1.29, 1.82) is 0 Å². The molecule has 0 saturated carbocycles. The number of hydrogen-bond acceptors (Lipinski definition) is 3. The molecule has 0 unspecified atom stereocenters. The molecule has 0 fully saturated rings. The van der Waals surface area contributed by atoms with Crippen LogP contribution in [0.4, 0.5) is 0 Å². The van der Waals surface area contributed by atoms with Crippen LogP contribution in [0, 0.1) is 0 Å². The van der Waals surface area contributed by atoms with E-state index in [9.17, 15) is 0 Å². The zero-order valence-corrected chi connectivity index (χ0v) is 33.7. The number of hydrogen-bond donors (Lipinski definition) is 0. The molecule has 1 aromatic heterocycles. The van der Waals surface area contributed by atoms with Gasteiger partial charge in [0.05, 0.1) is 0 Å². The van der Waals surface area contributed by atoms with Crippen molar-refractivity contribution in [2.24, 2.45) is 0 Å². The molecule has 0 aliphatic rings. The van der Waals surface area contributed by atoms with Gasteiger partial charge < -0.3 is 0 Å². The first kappa shape index (κ1) is 35.7. The fraction of sp³-hybridized carbons (Fsp3) is 0. The third-order valence-corrected chi connectivity index (χ3v) is 12.3. The highest BCUT2D eigenvalue weighted by atomic mass is 15.0. The standard InChI is InChI=1S/C59H37N3/c1-4-18-39(19-5-1)55-47-28-14-16-30-49(47)56(50-31-17-15-29-48(50)55)54-37-53-44-25-11-10-24-43(44)51(36-52(53)45-26-12-13-27-46(45)54)38-32-34-42(35-33-38)59-61-57(40-20-6-2-7-21-40)60-58(62-59)41-22-8-3-9-23-41/h1-37H. The predicted molar refractivity (Wildman–Crippen MR) is 260 cm³/mol. The lowest BCUT2D eigenvalue weighted by Gasteiger charge is -2.20. The summed E-state index contributed by atoms with van der Waals surface area (Å²) in [6.07, 6.45) is 0. The first-order chi connectivity index (χ1) is 30.8. The number of aromatic nitrogens is 3. The molecule has 0 aliphatic carbocycles. The molecule has 62 heavy (non-hydrogen) atoms. The first-order valence-corrected chi connectivity index (χ1v) is 21.1. The number of fused-ring (bicyclic) bond motifs is 7. The largest absolute Gasteiger partial charge is 0.208 e. The summed E-state index contributed by atoms with van der Waals surface area (Å²) in [5.74, 6) is 1.94. The van der Waals surface area contributed by atoms with Gasteiger partial charge >= 0.3 is 0 Å². The Hall–Kier alpha value is -8.27. The minimum atomic E-state index is 0.642. The van der Waals surface area contributed by atoms with Gasteiger partial charge in [0.25, 0.3) is 0 Å². The molecule has 0 radical (unpaired) electrons. The van der Waals surface area contributed by atoms with Crippen molar-refractivity contribution in [3.05, 3.63) is 224 Å². The lowest BCUT2D eigenvalue weighted by atomic mass is 9.83. The van der Waals surface area contributed by atoms with Crippen LogP contribution in [-0.2, 0) is 0 Å². The highest BCUT2D eigenvalue weighted by molar-refractivity contribution is 6.28. The van der Waals surface area contributed by atoms with Crippen molar-refractivity contribution in [3.63, 3.8) is 0 Å². The van der Waals surface area contributed by atoms with E-state index in [1.807, 2.05) is 60.7 Å². The Morgan fingerprint density at radius 1 is 0.194 bits per heavy atom. The smallest absolute Gasteiger partial charge is 0.164 e. The maximum atomic E-state index is 5.00. The molecular weight excluding hydrogens is 751 g/mol. The van der Waals surface area contributed by atoms with E-state index in [2.05, 4.69) is 164 Å². The fourth-order valence-electron chi connectivity index (χ4n) is 9.47. The van der Waals surface area contributed by atoms with Crippen LogP contribution >= 0.6 is 0 Å². The molecular formula is C59H37N3. The SMILES string of the molecule is c1ccc(-c2nc(-c3ccccc3)nc(-c3ccc(-c4cc5c6ccccc6c(-c6c7ccccc7c(-c7ccccc7)c7ccccc67)cc5c5ccccc45)cc3)n2)cc1. The summed E-state index contributed by atoms with van der Waals surface area (Å²) in [5, 5.41) is 12.4. The lowest BCUT2D eigenvalue weighted by molar-refractivity contribution is 1.07. The van der Waals surface area contributed by atoms with Gasteiger partial charge in [-0.2, -0.15) is 0 Å². The molecule has 0 saturated heterocycles. The van der Waals surface area contributed by atoms with Crippen LogP contribution in [-0.4, -0.2) is 15.0 Å². The molecule has 0 atom stereocenters. The van der Waals surface area contributed by atoms with E-state index in [1.165, 1.54) is 81.7 Å². The molecule has 288 valence electrons. The highest BCUT2D eigenvalue weighted by Gasteiger charge is 2.21. The second kappa shape index (κ2) is 14.8. The van der Waals surface area contributed by atoms with Gasteiger partial charge in [0.1, 0.15) is 0 Å². The molecule has 12 aromatic rings. The predicted octanol–water partition coefficient (Wildman–Crippen LogP) is 15.6. The monoisotopic (exact) mass is 787 g/mol. The van der Waals surface area contributed by atoms with E-state index >= 15 is 0 Å². The molecule has 3 heteroatoms. The Bertz CT molecular complexity index is 3540. The van der Waals surface area contributed by atoms with Gasteiger partial charge in [0, 0.05) is 16.7 Å². The molecule has 3 nitrogen and oxygen atoms in total. The van der Waals surface area contributed by atoms with Crippen LogP contribution in [0.5, 0.6) is 0 Å². The van der Waals surface area contributed by atoms with Crippen molar-refractivity contribution < 1.29 is 0 Å². The average Bonchev–Trinajstić information content (AvgIpc) is 3.36. The summed E-state index contributed by atoms with van der Waals surface area (Å²) in [4.78, 5) is 14.9. The van der Waals surface area contributed by atoms with E-state index in [1.54, 1.807) is 0 Å². The van der Waals surface area contributed by atoms with Gasteiger partial charge in [-0.25, -0.2) is 15.0 Å². The van der Waals surface area contributed by atoms with E-state index in [4.69, 9.17) is 15.0 Å². The molecule has 0 aliphatic heterocycles. The highest BCUT2D eigenvalue weighted by Crippen LogP contribution is 2.48. The normalized spacial score (nSPS) is 11.5. The van der Waals surface area contributed by atoms with Crippen LogP contribution in [0.3, 0.4) is 0 Å². The molecule has 11 aromatic carbocycles. The van der Waals surface area contributed by atoms with Gasteiger partial charge in [-0.05, 0) is 99.4 Å². The molecule has 0 N–H and O–H groups in total. The van der Waals surface area contributed by atoms with Gasteiger partial charge in [-0.3, -0.25) is 0 Å². The Labute approximate surface area is 359 Å². The van der Waals surface area contributed by atoms with Crippen molar-refractivity contribution in [3.8, 4) is 67.5 Å². The zero-order chi connectivity index (χ0) is 41.0. The van der Waals surface area contributed by atoms with E-state index in [0.29, 0.717) is 17.5 Å². The molecule has 0 spiro atoms. The maximum absolute atomic E-state index is 5.00. The van der Waals surface area contributed by atoms with Crippen molar-refractivity contribution in [2.45, 2.75) is 0 Å². The zero-order valence-electron chi connectivity index (χ0n) is 33.7. The minimum Gasteiger partial charge on any atom is -0.208 e. The Morgan fingerprint density at radius 3 is 0.952 bits per heavy atom. The molecule has 1 heterocycles. The van der Waals surface area contributed by atoms with Gasteiger partial charge in [-0.15, -0.1) is 0 Å². The maximum Gasteiger partial charge on any atom is 0.164 e. The van der Waals surface area contributed by atoms with Crippen molar-refractivity contribution in [1.82, 2.24) is 15.0 Å². The molecule has 0 bridgehead atoms. The molecule has 0 amide bonds. The van der Waals surface area contributed by atoms with Crippen molar-refractivity contribution in [2.75, 3.05) is 0 Å². The van der Waals surface area contributed by atoms with Crippen LogP contribution in [0.1, 0.15) is 0 Å². The average molecular weight is 788 g/mol.